The molecule has 0 aromatic rings. The number of hydrogen-bond donors (Lipinski definition) is 4. The number of hydrogen-bond acceptors (Lipinski definition) is 5. The highest BCUT2D eigenvalue weighted by atomic mass is 16.5. The number of rotatable bonds is 15. The SMILES string of the molecule is CCCCC/C=C\C[C@@H]1O[C@H]([C@@H](O)/C=C/C(O)CCCCCC(=O)O)C[C@H]1O. The third-order valence-electron chi connectivity index (χ3n) is 5.06. The highest BCUT2D eigenvalue weighted by molar-refractivity contribution is 5.66. The summed E-state index contributed by atoms with van der Waals surface area (Å²) in [6, 6.07) is 0. The van der Waals surface area contributed by atoms with E-state index in [0.717, 1.165) is 19.3 Å². The van der Waals surface area contributed by atoms with Gasteiger partial charge in [0.15, 0.2) is 0 Å². The topological polar surface area (TPSA) is 107 Å². The molecule has 6 heteroatoms. The van der Waals surface area contributed by atoms with E-state index in [1.807, 2.05) is 6.08 Å². The minimum atomic E-state index is -0.866. The molecule has 1 unspecified atom stereocenters. The molecule has 0 aromatic carbocycles. The van der Waals surface area contributed by atoms with E-state index in [0.29, 0.717) is 25.7 Å². The summed E-state index contributed by atoms with van der Waals surface area (Å²) in [5.74, 6) is -0.799. The lowest BCUT2D eigenvalue weighted by molar-refractivity contribution is -0.137. The summed E-state index contributed by atoms with van der Waals surface area (Å²) in [5, 5.41) is 38.9. The first kappa shape index (κ1) is 24.8. The number of carbonyl (C=O) groups is 1. The van der Waals surface area contributed by atoms with Gasteiger partial charge < -0.3 is 25.2 Å². The molecule has 0 amide bonds. The summed E-state index contributed by atoms with van der Waals surface area (Å²) in [4.78, 5) is 10.4. The molecule has 0 bridgehead atoms. The van der Waals surface area contributed by atoms with Crippen molar-refractivity contribution in [3.05, 3.63) is 24.3 Å². The first-order chi connectivity index (χ1) is 13.4. The molecule has 28 heavy (non-hydrogen) atoms. The zero-order valence-corrected chi connectivity index (χ0v) is 17.1. The maximum absolute atomic E-state index is 10.4. The van der Waals surface area contributed by atoms with Crippen LogP contribution in [0.2, 0.25) is 0 Å². The van der Waals surface area contributed by atoms with Gasteiger partial charge >= 0.3 is 5.97 Å². The normalized spacial score (nSPS) is 24.9. The number of allylic oxidation sites excluding steroid dienone is 1. The van der Waals surface area contributed by atoms with Crippen LogP contribution in [0.1, 0.15) is 77.6 Å². The molecule has 1 fully saturated rings. The van der Waals surface area contributed by atoms with Crippen molar-refractivity contribution in [1.29, 1.82) is 0 Å². The van der Waals surface area contributed by atoms with E-state index in [4.69, 9.17) is 9.84 Å². The lowest BCUT2D eigenvalue weighted by Crippen LogP contribution is -2.24. The van der Waals surface area contributed by atoms with Gasteiger partial charge in [0, 0.05) is 12.8 Å². The minimum Gasteiger partial charge on any atom is -0.481 e. The van der Waals surface area contributed by atoms with Crippen molar-refractivity contribution in [2.24, 2.45) is 0 Å². The van der Waals surface area contributed by atoms with Crippen LogP contribution >= 0.6 is 0 Å². The molecule has 4 N–H and O–H groups in total. The van der Waals surface area contributed by atoms with Crippen LogP contribution in [0.5, 0.6) is 0 Å². The molecule has 0 saturated carbocycles. The fourth-order valence-electron chi connectivity index (χ4n) is 3.32. The van der Waals surface area contributed by atoms with E-state index in [-0.39, 0.29) is 12.5 Å². The largest absolute Gasteiger partial charge is 0.481 e. The average Bonchev–Trinajstić information content (AvgIpc) is 3.03. The Hall–Kier alpha value is -1.21. The number of aliphatic hydroxyl groups excluding tert-OH is 3. The van der Waals surface area contributed by atoms with Gasteiger partial charge in [0.2, 0.25) is 0 Å². The minimum absolute atomic E-state index is 0.154. The van der Waals surface area contributed by atoms with Crippen molar-refractivity contribution in [2.75, 3.05) is 0 Å². The zero-order valence-electron chi connectivity index (χ0n) is 17.1. The maximum atomic E-state index is 10.4. The van der Waals surface area contributed by atoms with Gasteiger partial charge in [-0.15, -0.1) is 0 Å². The number of aliphatic hydroxyl groups is 3. The quantitative estimate of drug-likeness (QED) is 0.249. The molecule has 162 valence electrons. The van der Waals surface area contributed by atoms with E-state index in [2.05, 4.69) is 13.0 Å². The van der Waals surface area contributed by atoms with Crippen LogP contribution < -0.4 is 0 Å². The fourth-order valence-corrected chi connectivity index (χ4v) is 3.32. The van der Waals surface area contributed by atoms with Crippen LogP contribution in [0.25, 0.3) is 0 Å². The Morgan fingerprint density at radius 1 is 1.11 bits per heavy atom. The summed E-state index contributed by atoms with van der Waals surface area (Å²) in [6.07, 6.45) is 12.8. The van der Waals surface area contributed by atoms with Crippen molar-refractivity contribution < 1.29 is 30.0 Å². The highest BCUT2D eigenvalue weighted by Crippen LogP contribution is 2.26. The van der Waals surface area contributed by atoms with E-state index in [1.165, 1.54) is 25.3 Å². The molecular weight excluding hydrogens is 360 g/mol. The molecule has 0 radical (unpaired) electrons. The first-order valence-corrected chi connectivity index (χ1v) is 10.7. The second-order valence-electron chi connectivity index (χ2n) is 7.65. The van der Waals surface area contributed by atoms with Crippen LogP contribution in [0.4, 0.5) is 0 Å². The van der Waals surface area contributed by atoms with E-state index >= 15 is 0 Å². The van der Waals surface area contributed by atoms with Crippen LogP contribution in [0.15, 0.2) is 24.3 Å². The number of ether oxygens (including phenoxy) is 1. The monoisotopic (exact) mass is 398 g/mol. The molecule has 1 aliphatic rings. The van der Waals surface area contributed by atoms with Gasteiger partial charge in [0.25, 0.3) is 0 Å². The van der Waals surface area contributed by atoms with E-state index in [1.54, 1.807) is 6.08 Å². The van der Waals surface area contributed by atoms with Crippen molar-refractivity contribution in [3.8, 4) is 0 Å². The third kappa shape index (κ3) is 11.0. The van der Waals surface area contributed by atoms with Crippen molar-refractivity contribution in [1.82, 2.24) is 0 Å². The second kappa shape index (κ2) is 14.7. The predicted octanol–water partition coefficient (Wildman–Crippen LogP) is 3.34. The van der Waals surface area contributed by atoms with Crippen molar-refractivity contribution in [3.63, 3.8) is 0 Å². The summed E-state index contributed by atoms with van der Waals surface area (Å²) in [5.41, 5.74) is 0. The Morgan fingerprint density at radius 3 is 2.61 bits per heavy atom. The Bertz CT molecular complexity index is 476. The molecule has 1 aliphatic heterocycles. The molecule has 6 nitrogen and oxygen atoms in total. The van der Waals surface area contributed by atoms with Crippen LogP contribution in [-0.2, 0) is 9.53 Å². The molecule has 1 heterocycles. The fraction of sp³-hybridized carbons (Fsp3) is 0.773. The zero-order chi connectivity index (χ0) is 20.8. The maximum Gasteiger partial charge on any atom is 0.303 e. The van der Waals surface area contributed by atoms with Crippen LogP contribution in [0, 0.1) is 0 Å². The van der Waals surface area contributed by atoms with Gasteiger partial charge in [0.05, 0.1) is 30.5 Å². The summed E-state index contributed by atoms with van der Waals surface area (Å²) in [7, 11) is 0. The highest BCUT2D eigenvalue weighted by Gasteiger charge is 2.36. The van der Waals surface area contributed by atoms with Gasteiger partial charge in [0.1, 0.15) is 0 Å². The molecule has 0 aliphatic carbocycles. The number of carboxylic acid groups (broad SMARTS) is 1. The van der Waals surface area contributed by atoms with Crippen molar-refractivity contribution in [2.45, 2.75) is 108 Å². The number of aliphatic carboxylic acids is 1. The van der Waals surface area contributed by atoms with Crippen LogP contribution in [0.3, 0.4) is 0 Å². The smallest absolute Gasteiger partial charge is 0.303 e. The average molecular weight is 399 g/mol. The summed E-state index contributed by atoms with van der Waals surface area (Å²) < 4.78 is 5.79. The Kier molecular flexibility index (Phi) is 13.1. The standard InChI is InChI=1S/C22H38O6/c1-2-3-4-5-6-9-12-20-19(25)16-21(28-20)18(24)15-14-17(23)11-8-7-10-13-22(26)27/h6,9,14-15,17-21,23-25H,2-5,7-8,10-13,16H2,1H3,(H,26,27)/b9-6-,15-14+/t17?,18-,19+,20-,21-/m0/s1. The Balaban J connectivity index is 2.25. The van der Waals surface area contributed by atoms with E-state index in [9.17, 15) is 20.1 Å². The number of unbranched alkanes of at least 4 members (excludes halogenated alkanes) is 5. The van der Waals surface area contributed by atoms with Gasteiger partial charge in [-0.05, 0) is 32.1 Å². The lowest BCUT2D eigenvalue weighted by atomic mass is 10.0. The van der Waals surface area contributed by atoms with E-state index < -0.39 is 30.4 Å². The summed E-state index contributed by atoms with van der Waals surface area (Å²) >= 11 is 0. The Labute approximate surface area is 168 Å². The molecule has 0 aromatic heterocycles. The van der Waals surface area contributed by atoms with Gasteiger partial charge in [-0.3, -0.25) is 4.79 Å². The van der Waals surface area contributed by atoms with Gasteiger partial charge in [-0.2, -0.15) is 0 Å². The van der Waals surface area contributed by atoms with Crippen LogP contribution in [-0.4, -0.2) is 56.9 Å². The van der Waals surface area contributed by atoms with Gasteiger partial charge in [-0.1, -0.05) is 56.9 Å². The molecule has 0 spiro atoms. The third-order valence-corrected chi connectivity index (χ3v) is 5.06. The second-order valence-corrected chi connectivity index (χ2v) is 7.65. The molecule has 1 rings (SSSR count). The Morgan fingerprint density at radius 2 is 1.89 bits per heavy atom. The molecule has 5 atom stereocenters. The lowest BCUT2D eigenvalue weighted by Gasteiger charge is -2.16. The summed E-state index contributed by atoms with van der Waals surface area (Å²) in [6.45, 7) is 2.17. The predicted molar refractivity (Wildman–Crippen MR) is 109 cm³/mol. The van der Waals surface area contributed by atoms with Crippen molar-refractivity contribution >= 4 is 5.97 Å². The molecule has 1 saturated heterocycles. The number of carboxylic acids is 1. The first-order valence-electron chi connectivity index (χ1n) is 10.7. The van der Waals surface area contributed by atoms with Gasteiger partial charge in [-0.25, -0.2) is 0 Å². The molecular formula is C22H38O6.